The van der Waals surface area contributed by atoms with Gasteiger partial charge in [0.05, 0.1) is 25.3 Å². The third kappa shape index (κ3) is 8.49. The summed E-state index contributed by atoms with van der Waals surface area (Å²) in [6.45, 7) is 0.754. The van der Waals surface area contributed by atoms with E-state index in [0.717, 1.165) is 11.1 Å². The first-order chi connectivity index (χ1) is 13.7. The number of aliphatic hydroxyl groups is 2. The smallest absolute Gasteiger partial charge is 0.433 e. The van der Waals surface area contributed by atoms with E-state index in [2.05, 4.69) is 10.6 Å². The minimum atomic E-state index is -0.833. The van der Waals surface area contributed by atoms with Crippen molar-refractivity contribution in [2.75, 3.05) is 26.4 Å². The first kappa shape index (κ1) is 21.8. The van der Waals surface area contributed by atoms with E-state index in [4.69, 9.17) is 9.47 Å². The van der Waals surface area contributed by atoms with Crippen molar-refractivity contribution < 1.29 is 24.5 Å². The van der Waals surface area contributed by atoms with Crippen molar-refractivity contribution in [3.05, 3.63) is 71.8 Å². The van der Waals surface area contributed by atoms with Gasteiger partial charge in [-0.3, -0.25) is 0 Å². The summed E-state index contributed by atoms with van der Waals surface area (Å²) in [7, 11) is 0. The minimum Gasteiger partial charge on any atom is -0.433 e. The maximum Gasteiger partial charge on any atom is 0.508 e. The molecule has 0 saturated heterocycles. The van der Waals surface area contributed by atoms with Crippen LogP contribution in [0.1, 0.15) is 11.1 Å². The highest BCUT2D eigenvalue weighted by Gasteiger charge is 2.14. The van der Waals surface area contributed by atoms with Gasteiger partial charge in [0.2, 0.25) is 0 Å². The largest absolute Gasteiger partial charge is 0.508 e. The summed E-state index contributed by atoms with van der Waals surface area (Å²) < 4.78 is 10.1. The van der Waals surface area contributed by atoms with Gasteiger partial charge < -0.3 is 30.3 Å². The van der Waals surface area contributed by atoms with Gasteiger partial charge in [0.1, 0.15) is 13.2 Å². The van der Waals surface area contributed by atoms with Crippen LogP contribution in [0.2, 0.25) is 0 Å². The molecule has 0 amide bonds. The molecule has 2 unspecified atom stereocenters. The van der Waals surface area contributed by atoms with Crippen LogP contribution in [0.3, 0.4) is 0 Å². The highest BCUT2D eigenvalue weighted by molar-refractivity contribution is 5.59. The summed E-state index contributed by atoms with van der Waals surface area (Å²) in [5.74, 6) is 0. The number of carbonyl (C=O) groups is 1. The molecule has 4 N–H and O–H groups in total. The predicted octanol–water partition coefficient (Wildman–Crippen LogP) is 1.44. The second-order valence-electron chi connectivity index (χ2n) is 6.36. The van der Waals surface area contributed by atoms with Crippen molar-refractivity contribution in [3.63, 3.8) is 0 Å². The van der Waals surface area contributed by atoms with Crippen molar-refractivity contribution in [1.82, 2.24) is 10.6 Å². The molecular formula is C21H28N2O5. The molecule has 2 aromatic rings. The van der Waals surface area contributed by atoms with Crippen LogP contribution in [0, 0.1) is 0 Å². The molecule has 2 aromatic carbocycles. The monoisotopic (exact) mass is 388 g/mol. The fourth-order valence-corrected chi connectivity index (χ4v) is 2.45. The van der Waals surface area contributed by atoms with Crippen LogP contribution in [-0.4, -0.2) is 54.9 Å². The number of carbonyl (C=O) groups excluding carboxylic acids is 1. The summed E-state index contributed by atoms with van der Waals surface area (Å²) >= 11 is 0. The average molecular weight is 388 g/mol. The van der Waals surface area contributed by atoms with Gasteiger partial charge >= 0.3 is 6.16 Å². The van der Waals surface area contributed by atoms with E-state index in [-0.39, 0.29) is 26.4 Å². The predicted molar refractivity (Wildman–Crippen MR) is 106 cm³/mol. The van der Waals surface area contributed by atoms with Crippen molar-refractivity contribution in [2.24, 2.45) is 0 Å². The topological polar surface area (TPSA) is 100 Å². The molecule has 7 heteroatoms. The number of nitrogens with one attached hydrogen (secondary N) is 2. The molecule has 0 aliphatic heterocycles. The quantitative estimate of drug-likeness (QED) is 0.408. The Labute approximate surface area is 165 Å². The molecule has 7 nitrogen and oxygen atoms in total. The Morgan fingerprint density at radius 3 is 1.50 bits per heavy atom. The molecule has 0 saturated carbocycles. The van der Waals surface area contributed by atoms with Gasteiger partial charge in [-0.2, -0.15) is 0 Å². The van der Waals surface area contributed by atoms with Crippen LogP contribution in [0.25, 0.3) is 0 Å². The fraction of sp³-hybridized carbons (Fsp3) is 0.381. The molecule has 2 rings (SSSR count). The summed E-state index contributed by atoms with van der Waals surface area (Å²) in [6.07, 6.45) is -0.833. The normalized spacial score (nSPS) is 12.9. The molecule has 0 aliphatic rings. The number of hydrogen-bond donors (Lipinski definition) is 4. The van der Waals surface area contributed by atoms with Crippen LogP contribution in [0.5, 0.6) is 0 Å². The van der Waals surface area contributed by atoms with Gasteiger partial charge in [0.15, 0.2) is 0 Å². The van der Waals surface area contributed by atoms with Crippen molar-refractivity contribution in [3.8, 4) is 0 Å². The first-order valence-electron chi connectivity index (χ1n) is 9.27. The summed E-state index contributed by atoms with van der Waals surface area (Å²) in [5, 5.41) is 25.1. The van der Waals surface area contributed by atoms with Gasteiger partial charge in [0.25, 0.3) is 0 Å². The van der Waals surface area contributed by atoms with E-state index in [0.29, 0.717) is 13.1 Å². The highest BCUT2D eigenvalue weighted by atomic mass is 16.7. The Morgan fingerprint density at radius 2 is 1.14 bits per heavy atom. The zero-order chi connectivity index (χ0) is 20.0. The summed E-state index contributed by atoms with van der Waals surface area (Å²) in [6, 6.07) is 18.7. The van der Waals surface area contributed by atoms with Gasteiger partial charge in [-0.15, -0.1) is 0 Å². The van der Waals surface area contributed by atoms with Crippen molar-refractivity contribution in [1.29, 1.82) is 0 Å². The third-order valence-electron chi connectivity index (χ3n) is 4.12. The van der Waals surface area contributed by atoms with Crippen LogP contribution < -0.4 is 10.6 Å². The number of rotatable bonds is 12. The Balaban J connectivity index is 1.64. The lowest BCUT2D eigenvalue weighted by Gasteiger charge is -2.18. The molecule has 0 radical (unpaired) electrons. The molecule has 0 aromatic heterocycles. The highest BCUT2D eigenvalue weighted by Crippen LogP contribution is 2.01. The van der Waals surface area contributed by atoms with E-state index >= 15 is 0 Å². The second-order valence-corrected chi connectivity index (χ2v) is 6.36. The van der Waals surface area contributed by atoms with Crippen molar-refractivity contribution >= 4 is 6.16 Å². The van der Waals surface area contributed by atoms with E-state index in [1.807, 2.05) is 60.7 Å². The first-order valence-corrected chi connectivity index (χ1v) is 9.27. The maximum absolute atomic E-state index is 11.8. The van der Waals surface area contributed by atoms with E-state index in [1.54, 1.807) is 0 Å². The Hall–Kier alpha value is -2.45. The Kier molecular flexibility index (Phi) is 10.0. The van der Waals surface area contributed by atoms with Crippen molar-refractivity contribution in [2.45, 2.75) is 25.2 Å². The number of benzene rings is 2. The van der Waals surface area contributed by atoms with Crippen LogP contribution in [-0.2, 0) is 22.6 Å². The zero-order valence-corrected chi connectivity index (χ0v) is 15.8. The molecule has 0 fully saturated rings. The van der Waals surface area contributed by atoms with Crippen LogP contribution in [0.15, 0.2) is 60.7 Å². The standard InChI is InChI=1S/C21H28N2O5/c24-13-19(22-11-17-7-3-1-4-8-17)15-27-21(26)28-16-20(14-25)23-12-18-9-5-2-6-10-18/h1-10,19-20,22-25H,11-16H2. The third-order valence-corrected chi connectivity index (χ3v) is 4.12. The van der Waals surface area contributed by atoms with Gasteiger partial charge in [-0.05, 0) is 11.1 Å². The lowest BCUT2D eigenvalue weighted by molar-refractivity contribution is 0.0322. The molecule has 28 heavy (non-hydrogen) atoms. The molecular weight excluding hydrogens is 360 g/mol. The van der Waals surface area contributed by atoms with E-state index in [1.165, 1.54) is 0 Å². The molecule has 152 valence electrons. The lowest BCUT2D eigenvalue weighted by atomic mass is 10.2. The maximum atomic E-state index is 11.8. The second kappa shape index (κ2) is 12.9. The molecule has 0 heterocycles. The number of hydrogen-bond acceptors (Lipinski definition) is 7. The van der Waals surface area contributed by atoms with Crippen LogP contribution >= 0.6 is 0 Å². The molecule has 0 spiro atoms. The minimum absolute atomic E-state index is 0.0105. The van der Waals surface area contributed by atoms with Gasteiger partial charge in [-0.25, -0.2) is 4.79 Å². The molecule has 2 atom stereocenters. The molecule has 0 bridgehead atoms. The van der Waals surface area contributed by atoms with Gasteiger partial charge in [0, 0.05) is 13.1 Å². The van der Waals surface area contributed by atoms with E-state index in [9.17, 15) is 15.0 Å². The Bertz CT molecular complexity index is 612. The fourth-order valence-electron chi connectivity index (χ4n) is 2.45. The Morgan fingerprint density at radius 1 is 0.750 bits per heavy atom. The SMILES string of the molecule is O=C(OCC(CO)NCc1ccccc1)OCC(CO)NCc1ccccc1. The zero-order valence-electron chi connectivity index (χ0n) is 15.8. The van der Waals surface area contributed by atoms with E-state index < -0.39 is 18.2 Å². The number of ether oxygens (including phenoxy) is 2. The molecule has 0 aliphatic carbocycles. The average Bonchev–Trinajstić information content (AvgIpc) is 2.75. The van der Waals surface area contributed by atoms with Crippen LogP contribution in [0.4, 0.5) is 4.79 Å². The lowest BCUT2D eigenvalue weighted by Crippen LogP contribution is -2.39. The number of aliphatic hydroxyl groups excluding tert-OH is 2. The van der Waals surface area contributed by atoms with Gasteiger partial charge in [-0.1, -0.05) is 60.7 Å². The summed E-state index contributed by atoms with van der Waals surface area (Å²) in [5.41, 5.74) is 2.14. The summed E-state index contributed by atoms with van der Waals surface area (Å²) in [4.78, 5) is 11.8.